The molecule has 0 aliphatic carbocycles. The van der Waals surface area contributed by atoms with Gasteiger partial charge in [0.25, 0.3) is 0 Å². The zero-order valence-electron chi connectivity index (χ0n) is 10.3. The van der Waals surface area contributed by atoms with Crippen LogP contribution < -0.4 is 10.6 Å². The van der Waals surface area contributed by atoms with Gasteiger partial charge in [0, 0.05) is 30.1 Å². The van der Waals surface area contributed by atoms with E-state index in [1.165, 1.54) is 16.2 Å². The monoisotopic (exact) mass is 291 g/mol. The van der Waals surface area contributed by atoms with Crippen molar-refractivity contribution in [2.45, 2.75) is 25.8 Å². The molecule has 7 heteroatoms. The molecule has 1 aromatic heterocycles. The van der Waals surface area contributed by atoms with Crippen molar-refractivity contribution in [3.8, 4) is 0 Å². The summed E-state index contributed by atoms with van der Waals surface area (Å²) in [6.45, 7) is 4.22. The maximum absolute atomic E-state index is 11.7. The molecule has 2 N–H and O–H groups in total. The van der Waals surface area contributed by atoms with Crippen molar-refractivity contribution in [3.05, 3.63) is 11.1 Å². The van der Waals surface area contributed by atoms with E-state index in [9.17, 15) is 4.79 Å². The number of nitrogens with one attached hydrogen (secondary N) is 2. The summed E-state index contributed by atoms with van der Waals surface area (Å²) in [5.41, 5.74) is 0. The summed E-state index contributed by atoms with van der Waals surface area (Å²) in [5.74, 6) is -0.00926. The van der Waals surface area contributed by atoms with Gasteiger partial charge in [0.2, 0.25) is 5.91 Å². The van der Waals surface area contributed by atoms with Gasteiger partial charge in [-0.05, 0) is 6.42 Å². The fourth-order valence-corrected chi connectivity index (χ4v) is 2.44. The number of aromatic nitrogens is 1. The second kappa shape index (κ2) is 7.68. The zero-order valence-corrected chi connectivity index (χ0v) is 11.9. The summed E-state index contributed by atoms with van der Waals surface area (Å²) in [5, 5.41) is 6.75. The van der Waals surface area contributed by atoms with Crippen molar-refractivity contribution in [3.63, 3.8) is 0 Å². The highest BCUT2D eigenvalue weighted by molar-refractivity contribution is 7.15. The number of aryl methyl sites for hydroxylation is 1. The van der Waals surface area contributed by atoms with Crippen molar-refractivity contribution < 1.29 is 9.53 Å². The highest BCUT2D eigenvalue weighted by atomic mass is 35.5. The Bertz CT molecular complexity index is 380. The van der Waals surface area contributed by atoms with Gasteiger partial charge >= 0.3 is 0 Å². The third kappa shape index (κ3) is 4.53. The second-order valence-electron chi connectivity index (χ2n) is 3.96. The van der Waals surface area contributed by atoms with E-state index in [4.69, 9.17) is 4.74 Å². The molecule has 102 valence electrons. The fourth-order valence-electron chi connectivity index (χ4n) is 1.67. The minimum atomic E-state index is -0.00926. The lowest BCUT2D eigenvalue weighted by Crippen LogP contribution is -2.43. The zero-order chi connectivity index (χ0) is 12.1. The number of rotatable bonds is 4. The van der Waals surface area contributed by atoms with Gasteiger partial charge in [-0.15, -0.1) is 23.7 Å². The molecule has 0 aromatic carbocycles. The summed E-state index contributed by atoms with van der Waals surface area (Å²) >= 11 is 1.53. The van der Waals surface area contributed by atoms with Crippen molar-refractivity contribution >= 4 is 34.8 Å². The Morgan fingerprint density at radius 3 is 3.17 bits per heavy atom. The van der Waals surface area contributed by atoms with Crippen molar-refractivity contribution in [2.24, 2.45) is 0 Å². The molecule has 0 bridgehead atoms. The lowest BCUT2D eigenvalue weighted by atomic mass is 10.2. The Morgan fingerprint density at radius 2 is 2.56 bits per heavy atom. The molecule has 5 nitrogen and oxygen atoms in total. The van der Waals surface area contributed by atoms with Gasteiger partial charge in [-0.25, -0.2) is 4.98 Å². The van der Waals surface area contributed by atoms with E-state index >= 15 is 0 Å². The highest BCUT2D eigenvalue weighted by Crippen LogP contribution is 2.18. The first-order chi connectivity index (χ1) is 8.28. The Hall–Kier alpha value is -0.690. The van der Waals surface area contributed by atoms with Gasteiger partial charge in [-0.3, -0.25) is 4.79 Å². The Kier molecular flexibility index (Phi) is 6.56. The molecule has 1 atom stereocenters. The van der Waals surface area contributed by atoms with Crippen LogP contribution in [0.4, 0.5) is 5.13 Å². The minimum absolute atomic E-state index is 0. The van der Waals surface area contributed by atoms with Crippen molar-refractivity contribution in [1.82, 2.24) is 10.3 Å². The molecule has 1 fully saturated rings. The molecule has 0 saturated carbocycles. The summed E-state index contributed by atoms with van der Waals surface area (Å²) < 4.78 is 5.30. The number of hydrogen-bond donors (Lipinski definition) is 2. The summed E-state index contributed by atoms with van der Waals surface area (Å²) in [7, 11) is 0. The van der Waals surface area contributed by atoms with E-state index in [1.54, 1.807) is 0 Å². The van der Waals surface area contributed by atoms with Crippen molar-refractivity contribution in [2.75, 3.05) is 25.1 Å². The SMILES string of the molecule is CCc1cnc(NC(=O)CC2COCCN2)s1.Cl. The number of ether oxygens (including phenoxy) is 1. The first-order valence-electron chi connectivity index (χ1n) is 5.83. The predicted octanol–water partition coefficient (Wildman–Crippen LogP) is 1.44. The summed E-state index contributed by atoms with van der Waals surface area (Å²) in [6, 6.07) is 0.120. The first-order valence-corrected chi connectivity index (χ1v) is 6.65. The van der Waals surface area contributed by atoms with Crippen LogP contribution in [-0.2, 0) is 16.0 Å². The van der Waals surface area contributed by atoms with E-state index in [2.05, 4.69) is 22.5 Å². The smallest absolute Gasteiger partial charge is 0.227 e. The predicted molar refractivity (Wildman–Crippen MR) is 74.6 cm³/mol. The lowest BCUT2D eigenvalue weighted by molar-refractivity contribution is -0.117. The Morgan fingerprint density at radius 1 is 1.72 bits per heavy atom. The molecule has 1 unspecified atom stereocenters. The van der Waals surface area contributed by atoms with Gasteiger partial charge in [0.15, 0.2) is 5.13 Å². The number of carbonyl (C=O) groups excluding carboxylic acids is 1. The van der Waals surface area contributed by atoms with Gasteiger partial charge in [0.05, 0.1) is 13.2 Å². The summed E-state index contributed by atoms with van der Waals surface area (Å²) in [4.78, 5) is 17.1. The van der Waals surface area contributed by atoms with Crippen LogP contribution in [0.5, 0.6) is 0 Å². The van der Waals surface area contributed by atoms with E-state index in [0.717, 1.165) is 19.6 Å². The van der Waals surface area contributed by atoms with Crippen LogP contribution in [0.1, 0.15) is 18.2 Å². The number of amides is 1. The van der Waals surface area contributed by atoms with E-state index in [1.807, 2.05) is 6.20 Å². The molecule has 1 aliphatic rings. The topological polar surface area (TPSA) is 63.2 Å². The highest BCUT2D eigenvalue weighted by Gasteiger charge is 2.17. The average Bonchev–Trinajstić information content (AvgIpc) is 2.78. The third-order valence-electron chi connectivity index (χ3n) is 2.58. The number of thiazole rings is 1. The molecule has 1 aromatic rings. The molecule has 2 rings (SSSR count). The number of carbonyl (C=O) groups is 1. The van der Waals surface area contributed by atoms with Gasteiger partial charge in [-0.1, -0.05) is 6.92 Å². The van der Waals surface area contributed by atoms with E-state index in [-0.39, 0.29) is 24.4 Å². The molecule has 1 aliphatic heterocycles. The largest absolute Gasteiger partial charge is 0.378 e. The Balaban J connectivity index is 0.00000162. The molecule has 2 heterocycles. The fraction of sp³-hybridized carbons (Fsp3) is 0.636. The molecule has 1 saturated heterocycles. The average molecular weight is 292 g/mol. The number of anilines is 1. The summed E-state index contributed by atoms with van der Waals surface area (Å²) in [6.07, 6.45) is 3.19. The lowest BCUT2D eigenvalue weighted by Gasteiger charge is -2.22. The normalized spacial score (nSPS) is 19.1. The maximum atomic E-state index is 11.7. The molecule has 0 spiro atoms. The quantitative estimate of drug-likeness (QED) is 0.881. The van der Waals surface area contributed by atoms with Crippen LogP contribution in [-0.4, -0.2) is 36.7 Å². The van der Waals surface area contributed by atoms with Crippen molar-refractivity contribution in [1.29, 1.82) is 0 Å². The number of morpholine rings is 1. The Labute approximate surface area is 117 Å². The molecule has 18 heavy (non-hydrogen) atoms. The molecular weight excluding hydrogens is 274 g/mol. The van der Waals surface area contributed by atoms with E-state index in [0.29, 0.717) is 18.2 Å². The third-order valence-corrected chi connectivity index (χ3v) is 3.64. The maximum Gasteiger partial charge on any atom is 0.227 e. The van der Waals surface area contributed by atoms with Crippen LogP contribution in [0.3, 0.4) is 0 Å². The number of hydrogen-bond acceptors (Lipinski definition) is 5. The second-order valence-corrected chi connectivity index (χ2v) is 5.08. The van der Waals surface area contributed by atoms with Crippen LogP contribution in [0.15, 0.2) is 6.20 Å². The molecule has 0 radical (unpaired) electrons. The van der Waals surface area contributed by atoms with E-state index < -0.39 is 0 Å². The van der Waals surface area contributed by atoms with Gasteiger partial charge < -0.3 is 15.4 Å². The van der Waals surface area contributed by atoms with Gasteiger partial charge in [-0.2, -0.15) is 0 Å². The van der Waals surface area contributed by atoms with Gasteiger partial charge in [0.1, 0.15) is 0 Å². The molecule has 1 amide bonds. The van der Waals surface area contributed by atoms with Crippen LogP contribution in [0.25, 0.3) is 0 Å². The first kappa shape index (κ1) is 15.4. The minimum Gasteiger partial charge on any atom is -0.378 e. The van der Waals surface area contributed by atoms with Crippen LogP contribution >= 0.6 is 23.7 Å². The number of halogens is 1. The molecular formula is C11H18ClN3O2S. The standard InChI is InChI=1S/C11H17N3O2S.ClH/c1-2-9-6-13-11(17-9)14-10(15)5-8-7-16-4-3-12-8;/h6,8,12H,2-5,7H2,1H3,(H,13,14,15);1H. The van der Waals surface area contributed by atoms with Crippen LogP contribution in [0, 0.1) is 0 Å². The number of nitrogens with zero attached hydrogens (tertiary/aromatic N) is 1. The van der Waals surface area contributed by atoms with Crippen LogP contribution in [0.2, 0.25) is 0 Å².